The van der Waals surface area contributed by atoms with E-state index in [1.165, 1.54) is 186 Å². The normalized spacial score (nSPS) is 12.8. The van der Waals surface area contributed by atoms with Crippen molar-refractivity contribution in [2.24, 2.45) is 0 Å². The summed E-state index contributed by atoms with van der Waals surface area (Å²) in [6, 6.07) is 0. The van der Waals surface area contributed by atoms with E-state index in [0.717, 1.165) is 103 Å². The first-order valence-electron chi connectivity index (χ1n) is 34.9. The SMILES string of the molecule is CC/C=C\C/C=C\C/C=C\C/C=C\C/C=C\C/C=C\CCCCC(=O)OC(COC(=O)CCCCCCC/C=C\CCCCCCC)COC(=O)CCCCCCCCCCCCCCCCCCC/C=C\C/C=C\CCCCCCC. The van der Waals surface area contributed by atoms with Crippen LogP contribution in [0.3, 0.4) is 0 Å². The lowest BCUT2D eigenvalue weighted by molar-refractivity contribution is -0.167. The summed E-state index contributed by atoms with van der Waals surface area (Å²) in [6.07, 6.45) is 95.5. The minimum atomic E-state index is -0.807. The summed E-state index contributed by atoms with van der Waals surface area (Å²) in [6.45, 7) is 6.50. The van der Waals surface area contributed by atoms with E-state index in [4.69, 9.17) is 14.2 Å². The largest absolute Gasteiger partial charge is 0.462 e. The van der Waals surface area contributed by atoms with Crippen LogP contribution in [0.2, 0.25) is 0 Å². The zero-order valence-electron chi connectivity index (χ0n) is 54.0. The van der Waals surface area contributed by atoms with E-state index in [1.54, 1.807) is 0 Å². The molecule has 0 rings (SSSR count). The molecule has 0 heterocycles. The average Bonchev–Trinajstić information content (AvgIpc) is 3.47. The van der Waals surface area contributed by atoms with Gasteiger partial charge in [-0.3, -0.25) is 14.4 Å². The highest BCUT2D eigenvalue weighted by atomic mass is 16.6. The molecule has 0 fully saturated rings. The minimum absolute atomic E-state index is 0.0972. The fourth-order valence-electron chi connectivity index (χ4n) is 9.77. The van der Waals surface area contributed by atoms with Gasteiger partial charge in [-0.05, 0) is 128 Å². The van der Waals surface area contributed by atoms with Crippen LogP contribution >= 0.6 is 0 Å². The molecule has 0 aromatic rings. The first kappa shape index (κ1) is 78.1. The highest BCUT2D eigenvalue weighted by molar-refractivity contribution is 5.71. The molecule has 6 nitrogen and oxygen atoms in total. The van der Waals surface area contributed by atoms with Gasteiger partial charge in [-0.2, -0.15) is 0 Å². The Labute approximate surface area is 508 Å². The summed E-state index contributed by atoms with van der Waals surface area (Å²) in [4.78, 5) is 38.4. The van der Waals surface area contributed by atoms with Crippen molar-refractivity contribution in [2.45, 2.75) is 341 Å². The molecular weight excluding hydrogens is 1010 g/mol. The Morgan fingerprint density at radius 2 is 0.476 bits per heavy atom. The number of carbonyl (C=O) groups is 3. The van der Waals surface area contributed by atoms with Gasteiger partial charge in [-0.15, -0.1) is 0 Å². The molecule has 0 radical (unpaired) electrons. The molecule has 0 bridgehead atoms. The Balaban J connectivity index is 4.33. The highest BCUT2D eigenvalue weighted by Crippen LogP contribution is 2.17. The van der Waals surface area contributed by atoms with Crippen molar-refractivity contribution in [3.8, 4) is 0 Å². The van der Waals surface area contributed by atoms with Crippen molar-refractivity contribution in [2.75, 3.05) is 13.2 Å². The van der Waals surface area contributed by atoms with Gasteiger partial charge >= 0.3 is 17.9 Å². The van der Waals surface area contributed by atoms with Crippen LogP contribution in [0.5, 0.6) is 0 Å². The van der Waals surface area contributed by atoms with Crippen LogP contribution in [-0.4, -0.2) is 37.2 Å². The summed E-state index contributed by atoms with van der Waals surface area (Å²) in [7, 11) is 0. The average molecular weight is 1140 g/mol. The molecule has 1 atom stereocenters. The van der Waals surface area contributed by atoms with E-state index >= 15 is 0 Å². The Morgan fingerprint density at radius 3 is 0.780 bits per heavy atom. The first-order valence-corrected chi connectivity index (χ1v) is 34.9. The number of ether oxygens (including phenoxy) is 3. The summed E-state index contributed by atoms with van der Waals surface area (Å²) in [5.74, 6) is -0.939. The Bertz CT molecular complexity index is 1640. The summed E-state index contributed by atoms with van der Waals surface area (Å²) < 4.78 is 16.9. The number of carbonyl (C=O) groups excluding carboxylic acids is 3. The quantitative estimate of drug-likeness (QED) is 0.0261. The van der Waals surface area contributed by atoms with Gasteiger partial charge in [0.1, 0.15) is 13.2 Å². The second kappa shape index (κ2) is 69.6. The topological polar surface area (TPSA) is 78.9 Å². The first-order chi connectivity index (χ1) is 40.5. The minimum Gasteiger partial charge on any atom is -0.462 e. The molecule has 0 amide bonds. The summed E-state index contributed by atoms with van der Waals surface area (Å²) in [5.41, 5.74) is 0. The monoisotopic (exact) mass is 1140 g/mol. The fourth-order valence-corrected chi connectivity index (χ4v) is 9.77. The molecule has 0 saturated heterocycles. The van der Waals surface area contributed by atoms with Crippen LogP contribution in [-0.2, 0) is 28.6 Å². The second-order valence-electron chi connectivity index (χ2n) is 23.1. The maximum Gasteiger partial charge on any atom is 0.306 e. The zero-order chi connectivity index (χ0) is 59.2. The van der Waals surface area contributed by atoms with E-state index in [1.807, 2.05) is 0 Å². The molecule has 0 aliphatic heterocycles. The van der Waals surface area contributed by atoms with Crippen molar-refractivity contribution < 1.29 is 28.6 Å². The van der Waals surface area contributed by atoms with Crippen molar-refractivity contribution in [3.05, 3.63) is 109 Å². The third kappa shape index (κ3) is 66.9. The molecule has 0 spiro atoms. The maximum absolute atomic E-state index is 12.9. The summed E-state index contributed by atoms with van der Waals surface area (Å²) in [5, 5.41) is 0. The predicted molar refractivity (Wildman–Crippen MR) is 357 cm³/mol. The van der Waals surface area contributed by atoms with E-state index in [0.29, 0.717) is 19.3 Å². The zero-order valence-corrected chi connectivity index (χ0v) is 54.0. The fraction of sp³-hybridized carbons (Fsp3) is 0.724. The molecule has 1 unspecified atom stereocenters. The van der Waals surface area contributed by atoms with Gasteiger partial charge in [0, 0.05) is 19.3 Å². The van der Waals surface area contributed by atoms with Gasteiger partial charge in [0.05, 0.1) is 0 Å². The standard InChI is InChI=1S/C76H130O6/c1-4-7-10-13-16-19-22-25-28-30-32-34-35-36-37-38-39-40-41-43-44-46-48-51-54-57-60-63-66-69-75(78)81-72-73(71-80-74(77)68-65-62-59-56-53-50-27-24-21-18-15-12-9-6-3)82-76(79)70-67-64-61-58-55-52-49-47-45-42-33-31-29-26-23-20-17-14-11-8-5-2/h8,11,17,20,22,24-27,29-30,32-33,42,47,49,55,58,73H,4-7,9-10,12-16,18-19,21,23,28,31,34-41,43-46,48,50-54,56-57,59-72H2,1-3H3/b11-8-,20-17-,25-22-,27-24-,29-26-,32-30-,42-33-,49-47-,58-55-. The Morgan fingerprint density at radius 1 is 0.256 bits per heavy atom. The third-order valence-corrected chi connectivity index (χ3v) is 15.0. The van der Waals surface area contributed by atoms with Crippen LogP contribution in [0.1, 0.15) is 335 Å². The second-order valence-corrected chi connectivity index (χ2v) is 23.1. The number of allylic oxidation sites excluding steroid dienone is 18. The lowest BCUT2D eigenvalue weighted by Crippen LogP contribution is -2.30. The number of unbranched alkanes of at least 4 members (excludes halogenated alkanes) is 34. The van der Waals surface area contributed by atoms with Crippen LogP contribution in [0.15, 0.2) is 109 Å². The Hall–Kier alpha value is -3.93. The number of esters is 3. The van der Waals surface area contributed by atoms with Crippen molar-refractivity contribution >= 4 is 17.9 Å². The highest BCUT2D eigenvalue weighted by Gasteiger charge is 2.19. The van der Waals surface area contributed by atoms with Crippen molar-refractivity contribution in [1.29, 1.82) is 0 Å². The van der Waals surface area contributed by atoms with E-state index in [-0.39, 0.29) is 37.5 Å². The van der Waals surface area contributed by atoms with E-state index < -0.39 is 6.10 Å². The molecule has 470 valence electrons. The number of rotatable bonds is 63. The Kier molecular flexibility index (Phi) is 66.2. The van der Waals surface area contributed by atoms with Crippen LogP contribution < -0.4 is 0 Å². The number of hydrogen-bond acceptors (Lipinski definition) is 6. The smallest absolute Gasteiger partial charge is 0.306 e. The predicted octanol–water partition coefficient (Wildman–Crippen LogP) is 24.2. The lowest BCUT2D eigenvalue weighted by Gasteiger charge is -2.18. The van der Waals surface area contributed by atoms with Crippen LogP contribution in [0.4, 0.5) is 0 Å². The maximum atomic E-state index is 12.9. The molecular formula is C76H130O6. The summed E-state index contributed by atoms with van der Waals surface area (Å²) >= 11 is 0. The molecule has 82 heavy (non-hydrogen) atoms. The number of hydrogen-bond donors (Lipinski definition) is 0. The molecule has 6 heteroatoms. The van der Waals surface area contributed by atoms with Crippen LogP contribution in [0, 0.1) is 0 Å². The van der Waals surface area contributed by atoms with Gasteiger partial charge in [-0.1, -0.05) is 297 Å². The molecule has 0 saturated carbocycles. The van der Waals surface area contributed by atoms with Crippen molar-refractivity contribution in [1.82, 2.24) is 0 Å². The van der Waals surface area contributed by atoms with Gasteiger partial charge in [-0.25, -0.2) is 0 Å². The molecule has 0 aromatic carbocycles. The van der Waals surface area contributed by atoms with Crippen LogP contribution in [0.25, 0.3) is 0 Å². The lowest BCUT2D eigenvalue weighted by atomic mass is 10.0. The molecule has 0 N–H and O–H groups in total. The van der Waals surface area contributed by atoms with Gasteiger partial charge in [0.25, 0.3) is 0 Å². The molecule has 0 aliphatic carbocycles. The van der Waals surface area contributed by atoms with Gasteiger partial charge in [0.15, 0.2) is 6.10 Å². The van der Waals surface area contributed by atoms with E-state index in [9.17, 15) is 14.4 Å². The van der Waals surface area contributed by atoms with Crippen molar-refractivity contribution in [3.63, 3.8) is 0 Å². The molecule has 0 aromatic heterocycles. The van der Waals surface area contributed by atoms with E-state index in [2.05, 4.69) is 130 Å². The van der Waals surface area contributed by atoms with Gasteiger partial charge in [0.2, 0.25) is 0 Å². The van der Waals surface area contributed by atoms with Gasteiger partial charge < -0.3 is 14.2 Å². The molecule has 0 aliphatic rings. The third-order valence-electron chi connectivity index (χ3n) is 15.0.